The summed E-state index contributed by atoms with van der Waals surface area (Å²) in [6.45, 7) is 1.03. The molecular weight excluding hydrogens is 440 g/mol. The monoisotopic (exact) mass is 468 g/mol. The van der Waals surface area contributed by atoms with E-state index in [0.717, 1.165) is 11.1 Å². The quantitative estimate of drug-likeness (QED) is 0.252. The molecular formula is C24H28N4O6. The van der Waals surface area contributed by atoms with Crippen molar-refractivity contribution >= 4 is 24.1 Å². The van der Waals surface area contributed by atoms with Crippen LogP contribution in [0.4, 0.5) is 9.59 Å². The van der Waals surface area contributed by atoms with E-state index in [1.807, 2.05) is 60.7 Å². The maximum absolute atomic E-state index is 12.2. The number of rotatable bonds is 9. The maximum Gasteiger partial charge on any atom is 0.414 e. The summed E-state index contributed by atoms with van der Waals surface area (Å²) in [7, 11) is 0. The highest BCUT2D eigenvalue weighted by molar-refractivity contribution is 6.01. The van der Waals surface area contributed by atoms with E-state index in [2.05, 4.69) is 20.9 Å². The van der Waals surface area contributed by atoms with Crippen molar-refractivity contribution in [3.63, 3.8) is 0 Å². The predicted molar refractivity (Wildman–Crippen MR) is 124 cm³/mol. The summed E-state index contributed by atoms with van der Waals surface area (Å²) in [5.74, 6) is -0.938. The van der Waals surface area contributed by atoms with Crippen LogP contribution in [0.5, 0.6) is 0 Å². The molecule has 4 N–H and O–H groups in total. The van der Waals surface area contributed by atoms with Gasteiger partial charge in [0.05, 0.1) is 0 Å². The molecule has 0 bridgehead atoms. The van der Waals surface area contributed by atoms with Gasteiger partial charge in [0, 0.05) is 13.1 Å². The number of alkyl carbamates (subject to hydrolysis) is 2. The molecule has 1 saturated heterocycles. The van der Waals surface area contributed by atoms with E-state index in [1.165, 1.54) is 0 Å². The molecule has 2 atom stereocenters. The molecule has 180 valence electrons. The van der Waals surface area contributed by atoms with Crippen LogP contribution in [0.2, 0.25) is 0 Å². The number of nitrogens with one attached hydrogen (secondary N) is 3. The minimum atomic E-state index is -0.869. The Morgan fingerprint density at radius 1 is 0.912 bits per heavy atom. The minimum absolute atomic E-state index is 0.0312. The van der Waals surface area contributed by atoms with E-state index in [0.29, 0.717) is 19.4 Å². The SMILES string of the molecule is O=C(NC(=NCCC[C@H]1CNC1C(=O)O)NC(=O)OCc1ccccc1)OCc1ccccc1. The lowest BCUT2D eigenvalue weighted by atomic mass is 9.87. The zero-order chi connectivity index (χ0) is 24.2. The van der Waals surface area contributed by atoms with E-state index in [1.54, 1.807) is 0 Å². The Kier molecular flexibility index (Phi) is 9.41. The van der Waals surface area contributed by atoms with Crippen molar-refractivity contribution in [1.29, 1.82) is 0 Å². The molecule has 2 aromatic rings. The van der Waals surface area contributed by atoms with Crippen LogP contribution >= 0.6 is 0 Å². The van der Waals surface area contributed by atoms with Gasteiger partial charge >= 0.3 is 18.2 Å². The van der Waals surface area contributed by atoms with Crippen molar-refractivity contribution in [3.05, 3.63) is 71.8 Å². The van der Waals surface area contributed by atoms with Gasteiger partial charge in [0.2, 0.25) is 5.96 Å². The molecule has 0 aromatic heterocycles. The second kappa shape index (κ2) is 12.9. The summed E-state index contributed by atoms with van der Waals surface area (Å²) in [4.78, 5) is 39.8. The Bertz CT molecular complexity index is 924. The Labute approximate surface area is 197 Å². The third-order valence-corrected chi connectivity index (χ3v) is 5.21. The standard InChI is InChI=1S/C24H28N4O6/c29-21(30)20-19(14-26-20)12-7-13-25-22(27-23(31)33-15-17-8-3-1-4-9-17)28-24(32)34-16-18-10-5-2-6-11-18/h1-6,8-11,19-20,26H,7,12-16H2,(H,29,30)(H2,25,27,28,31,32)/t19-,20?/m0/s1. The molecule has 10 heteroatoms. The third-order valence-electron chi connectivity index (χ3n) is 5.21. The highest BCUT2D eigenvalue weighted by Crippen LogP contribution is 2.19. The van der Waals surface area contributed by atoms with E-state index >= 15 is 0 Å². The van der Waals surface area contributed by atoms with Crippen molar-refractivity contribution in [3.8, 4) is 0 Å². The van der Waals surface area contributed by atoms with E-state index in [-0.39, 0.29) is 31.6 Å². The van der Waals surface area contributed by atoms with Crippen LogP contribution in [0.3, 0.4) is 0 Å². The molecule has 2 aromatic carbocycles. The Balaban J connectivity index is 1.51. The summed E-state index contributed by atoms with van der Waals surface area (Å²) in [6.07, 6.45) is -0.320. The molecule has 0 spiro atoms. The van der Waals surface area contributed by atoms with E-state index < -0.39 is 24.2 Å². The molecule has 0 saturated carbocycles. The van der Waals surface area contributed by atoms with Gasteiger partial charge < -0.3 is 19.9 Å². The van der Waals surface area contributed by atoms with Crippen molar-refractivity contribution in [1.82, 2.24) is 16.0 Å². The van der Waals surface area contributed by atoms with Gasteiger partial charge in [0.15, 0.2) is 0 Å². The van der Waals surface area contributed by atoms with Crippen molar-refractivity contribution in [2.45, 2.75) is 32.1 Å². The molecule has 1 heterocycles. The zero-order valence-corrected chi connectivity index (χ0v) is 18.6. The number of aliphatic carboxylic acids is 1. The topological polar surface area (TPSA) is 138 Å². The number of hydrogen-bond donors (Lipinski definition) is 4. The Morgan fingerprint density at radius 2 is 1.44 bits per heavy atom. The van der Waals surface area contributed by atoms with Gasteiger partial charge in [-0.2, -0.15) is 0 Å². The molecule has 10 nitrogen and oxygen atoms in total. The van der Waals surface area contributed by atoms with Crippen LogP contribution in [0.15, 0.2) is 65.7 Å². The molecule has 34 heavy (non-hydrogen) atoms. The lowest BCUT2D eigenvalue weighted by molar-refractivity contribution is -0.143. The number of amides is 2. The fourth-order valence-corrected chi connectivity index (χ4v) is 3.33. The number of hydrogen-bond acceptors (Lipinski definition) is 7. The molecule has 0 radical (unpaired) electrons. The lowest BCUT2D eigenvalue weighted by Gasteiger charge is -2.34. The van der Waals surface area contributed by atoms with Gasteiger partial charge in [-0.15, -0.1) is 0 Å². The smallest absolute Gasteiger partial charge is 0.414 e. The summed E-state index contributed by atoms with van der Waals surface area (Å²) in [5.41, 5.74) is 1.63. The van der Waals surface area contributed by atoms with Crippen LogP contribution in [0, 0.1) is 5.92 Å². The normalized spacial score (nSPS) is 16.5. The number of carboxylic acid groups (broad SMARTS) is 1. The van der Waals surface area contributed by atoms with Gasteiger partial charge in [-0.05, 0) is 29.9 Å². The first-order chi connectivity index (χ1) is 16.5. The highest BCUT2D eigenvalue weighted by atomic mass is 16.6. The molecule has 1 unspecified atom stereocenters. The Hall–Kier alpha value is -3.92. The summed E-state index contributed by atoms with van der Waals surface area (Å²) >= 11 is 0. The average molecular weight is 469 g/mol. The van der Waals surface area contributed by atoms with Gasteiger partial charge in [-0.1, -0.05) is 60.7 Å². The number of carboxylic acids is 1. The van der Waals surface area contributed by atoms with Gasteiger partial charge in [-0.3, -0.25) is 20.4 Å². The Morgan fingerprint density at radius 3 is 1.88 bits per heavy atom. The van der Waals surface area contributed by atoms with Gasteiger partial charge in [-0.25, -0.2) is 9.59 Å². The molecule has 1 aliphatic heterocycles. The van der Waals surface area contributed by atoms with E-state index in [4.69, 9.17) is 14.6 Å². The highest BCUT2D eigenvalue weighted by Gasteiger charge is 2.35. The summed E-state index contributed by atoms with van der Waals surface area (Å²) in [5, 5.41) is 16.8. The minimum Gasteiger partial charge on any atom is -0.480 e. The predicted octanol–water partition coefficient (Wildman–Crippen LogP) is 2.65. The first-order valence-electron chi connectivity index (χ1n) is 11.0. The van der Waals surface area contributed by atoms with Crippen LogP contribution in [-0.4, -0.2) is 48.4 Å². The molecule has 2 amide bonds. The average Bonchev–Trinajstić information content (AvgIpc) is 2.81. The van der Waals surface area contributed by atoms with E-state index in [9.17, 15) is 14.4 Å². The van der Waals surface area contributed by atoms with Crippen molar-refractivity contribution in [2.24, 2.45) is 10.9 Å². The molecule has 1 fully saturated rings. The van der Waals surface area contributed by atoms with Crippen LogP contribution < -0.4 is 16.0 Å². The summed E-state index contributed by atoms with van der Waals surface area (Å²) < 4.78 is 10.4. The number of guanidine groups is 1. The number of benzene rings is 2. The van der Waals surface area contributed by atoms with Gasteiger partial charge in [0.25, 0.3) is 0 Å². The number of ether oxygens (including phenoxy) is 2. The number of aliphatic imine (C=N–C) groups is 1. The second-order valence-corrected chi connectivity index (χ2v) is 7.73. The third kappa shape index (κ3) is 8.21. The molecule has 1 aliphatic rings. The zero-order valence-electron chi connectivity index (χ0n) is 18.6. The number of nitrogens with zero attached hydrogens (tertiary/aromatic N) is 1. The van der Waals surface area contributed by atoms with Crippen LogP contribution in [0.1, 0.15) is 24.0 Å². The first-order valence-corrected chi connectivity index (χ1v) is 11.0. The van der Waals surface area contributed by atoms with Gasteiger partial charge in [0.1, 0.15) is 19.3 Å². The fourth-order valence-electron chi connectivity index (χ4n) is 3.33. The summed E-state index contributed by atoms with van der Waals surface area (Å²) in [6, 6.07) is 17.8. The largest absolute Gasteiger partial charge is 0.480 e. The second-order valence-electron chi connectivity index (χ2n) is 7.73. The molecule has 3 rings (SSSR count). The maximum atomic E-state index is 12.2. The molecule has 0 aliphatic carbocycles. The van der Waals surface area contributed by atoms with Crippen LogP contribution in [-0.2, 0) is 27.5 Å². The fraction of sp³-hybridized carbons (Fsp3) is 0.333. The lowest BCUT2D eigenvalue weighted by Crippen LogP contribution is -2.57. The van der Waals surface area contributed by atoms with Crippen molar-refractivity contribution < 1.29 is 29.0 Å². The number of carbonyl (C=O) groups is 3. The van der Waals surface area contributed by atoms with Crippen LogP contribution in [0.25, 0.3) is 0 Å². The number of carbonyl (C=O) groups excluding carboxylic acids is 2. The van der Waals surface area contributed by atoms with Crippen molar-refractivity contribution in [2.75, 3.05) is 13.1 Å². The first kappa shape index (κ1) is 24.7.